The first-order valence-electron chi connectivity index (χ1n) is 8.10. The van der Waals surface area contributed by atoms with Gasteiger partial charge in [-0.15, -0.1) is 0 Å². The molecule has 1 amide bonds. The van der Waals surface area contributed by atoms with Gasteiger partial charge >= 0.3 is 0 Å². The number of benzene rings is 3. The molecule has 0 spiro atoms. The normalized spacial score (nSPS) is 11.6. The van der Waals surface area contributed by atoms with Gasteiger partial charge in [-0.2, -0.15) is 0 Å². The monoisotopic (exact) mass is 385 g/mol. The van der Waals surface area contributed by atoms with Crippen LogP contribution >= 0.6 is 23.2 Å². The first kappa shape index (κ1) is 18.3. The molecule has 3 rings (SSSR count). The number of hydrogen-bond acceptors (Lipinski definition) is 2. The summed E-state index contributed by atoms with van der Waals surface area (Å²) >= 11 is 11.9. The van der Waals surface area contributed by atoms with Crippen molar-refractivity contribution in [2.24, 2.45) is 0 Å². The number of amides is 1. The van der Waals surface area contributed by atoms with Crippen molar-refractivity contribution in [3.05, 3.63) is 100 Å². The van der Waals surface area contributed by atoms with Gasteiger partial charge in [-0.1, -0.05) is 71.7 Å². The highest BCUT2D eigenvalue weighted by Gasteiger charge is 2.17. The Balaban J connectivity index is 1.73. The predicted molar refractivity (Wildman–Crippen MR) is 105 cm³/mol. The van der Waals surface area contributed by atoms with Gasteiger partial charge in [0.15, 0.2) is 6.61 Å². The summed E-state index contributed by atoms with van der Waals surface area (Å²) in [6.07, 6.45) is 0. The fraction of sp³-hybridized carbons (Fsp3) is 0.0952. The van der Waals surface area contributed by atoms with Crippen LogP contribution in [0.3, 0.4) is 0 Å². The molecule has 0 radical (unpaired) electrons. The van der Waals surface area contributed by atoms with Crippen LogP contribution < -0.4 is 10.1 Å². The Kier molecular flexibility index (Phi) is 6.16. The van der Waals surface area contributed by atoms with Gasteiger partial charge in [0.1, 0.15) is 5.75 Å². The zero-order chi connectivity index (χ0) is 18.4. The van der Waals surface area contributed by atoms with Gasteiger partial charge < -0.3 is 10.1 Å². The van der Waals surface area contributed by atoms with Crippen molar-refractivity contribution >= 4 is 29.1 Å². The van der Waals surface area contributed by atoms with E-state index in [1.165, 1.54) is 0 Å². The highest BCUT2D eigenvalue weighted by Crippen LogP contribution is 2.23. The van der Waals surface area contributed by atoms with Crippen molar-refractivity contribution in [3.8, 4) is 5.75 Å². The van der Waals surface area contributed by atoms with E-state index < -0.39 is 0 Å². The molecule has 0 aliphatic carbocycles. The lowest BCUT2D eigenvalue weighted by molar-refractivity contribution is -0.123. The van der Waals surface area contributed by atoms with Crippen molar-refractivity contribution in [2.75, 3.05) is 6.61 Å². The summed E-state index contributed by atoms with van der Waals surface area (Å²) in [6, 6.07) is 23.8. The highest BCUT2D eigenvalue weighted by molar-refractivity contribution is 6.30. The minimum Gasteiger partial charge on any atom is -0.484 e. The van der Waals surface area contributed by atoms with Crippen molar-refractivity contribution in [3.63, 3.8) is 0 Å². The Bertz CT molecular complexity index is 867. The maximum Gasteiger partial charge on any atom is 0.258 e. The first-order valence-corrected chi connectivity index (χ1v) is 8.85. The number of hydrogen-bond donors (Lipinski definition) is 1. The quantitative estimate of drug-likeness (QED) is 0.626. The maximum atomic E-state index is 12.4. The molecule has 1 N–H and O–H groups in total. The van der Waals surface area contributed by atoms with E-state index in [4.69, 9.17) is 27.9 Å². The molecule has 0 bridgehead atoms. The first-order chi connectivity index (χ1) is 12.6. The van der Waals surface area contributed by atoms with E-state index in [1.54, 1.807) is 36.4 Å². The average molecular weight is 386 g/mol. The van der Waals surface area contributed by atoms with Gasteiger partial charge in [0.2, 0.25) is 0 Å². The van der Waals surface area contributed by atoms with Gasteiger partial charge in [-0.3, -0.25) is 4.79 Å². The predicted octanol–water partition coefficient (Wildman–Crippen LogP) is 5.28. The molecule has 0 aliphatic rings. The molecule has 0 heterocycles. The number of rotatable bonds is 6. The van der Waals surface area contributed by atoms with E-state index >= 15 is 0 Å². The van der Waals surface area contributed by atoms with E-state index in [0.29, 0.717) is 15.8 Å². The number of carbonyl (C=O) groups is 1. The summed E-state index contributed by atoms with van der Waals surface area (Å²) in [4.78, 5) is 12.4. The van der Waals surface area contributed by atoms with Crippen LogP contribution in [0.25, 0.3) is 0 Å². The smallest absolute Gasteiger partial charge is 0.258 e. The number of ether oxygens (including phenoxy) is 1. The van der Waals surface area contributed by atoms with E-state index in [-0.39, 0.29) is 18.6 Å². The minimum absolute atomic E-state index is 0.0999. The Hall–Kier alpha value is -2.49. The van der Waals surface area contributed by atoms with Gasteiger partial charge in [-0.25, -0.2) is 0 Å². The number of halogens is 2. The molecule has 5 heteroatoms. The standard InChI is InChI=1S/C21H17Cl2NO2/c22-17-11-9-16(10-12-17)21(15-5-2-1-3-6-15)24-20(25)14-26-19-8-4-7-18(23)13-19/h1-13,21H,14H2,(H,24,25). The lowest BCUT2D eigenvalue weighted by Crippen LogP contribution is -2.33. The van der Waals surface area contributed by atoms with Crippen molar-refractivity contribution in [1.29, 1.82) is 0 Å². The van der Waals surface area contributed by atoms with Crippen LogP contribution in [0, 0.1) is 0 Å². The average Bonchev–Trinajstić information content (AvgIpc) is 2.66. The highest BCUT2D eigenvalue weighted by atomic mass is 35.5. The Labute approximate surface area is 162 Å². The molecule has 1 unspecified atom stereocenters. The van der Waals surface area contributed by atoms with Crippen molar-refractivity contribution in [1.82, 2.24) is 5.32 Å². The molecule has 0 aliphatic heterocycles. The molecular formula is C21H17Cl2NO2. The van der Waals surface area contributed by atoms with Crippen molar-refractivity contribution in [2.45, 2.75) is 6.04 Å². The van der Waals surface area contributed by atoms with Gasteiger partial charge in [0.05, 0.1) is 6.04 Å². The summed E-state index contributed by atoms with van der Waals surface area (Å²) in [5, 5.41) is 4.22. The zero-order valence-corrected chi connectivity index (χ0v) is 15.4. The summed E-state index contributed by atoms with van der Waals surface area (Å²) in [7, 11) is 0. The summed E-state index contributed by atoms with van der Waals surface area (Å²) in [5.74, 6) is 0.323. The van der Waals surface area contributed by atoms with Crippen LogP contribution in [0.4, 0.5) is 0 Å². The lowest BCUT2D eigenvalue weighted by atomic mass is 9.99. The molecule has 0 fully saturated rings. The SMILES string of the molecule is O=C(COc1cccc(Cl)c1)NC(c1ccccc1)c1ccc(Cl)cc1. The van der Waals surface area contributed by atoms with Crippen LogP contribution in [0.5, 0.6) is 5.75 Å². The molecule has 132 valence electrons. The maximum absolute atomic E-state index is 12.4. The third-order valence-corrected chi connectivity index (χ3v) is 4.29. The Morgan fingerprint density at radius 1 is 0.846 bits per heavy atom. The molecular weight excluding hydrogens is 369 g/mol. The molecule has 26 heavy (non-hydrogen) atoms. The van der Waals surface area contributed by atoms with Crippen molar-refractivity contribution < 1.29 is 9.53 Å². The molecule has 1 atom stereocenters. The number of nitrogens with one attached hydrogen (secondary N) is 1. The Morgan fingerprint density at radius 2 is 1.54 bits per heavy atom. The lowest BCUT2D eigenvalue weighted by Gasteiger charge is -2.20. The van der Waals surface area contributed by atoms with Crippen LogP contribution in [0.15, 0.2) is 78.9 Å². The van der Waals surface area contributed by atoms with Crippen LogP contribution in [0.2, 0.25) is 10.0 Å². The van der Waals surface area contributed by atoms with Crippen LogP contribution in [-0.4, -0.2) is 12.5 Å². The molecule has 0 saturated carbocycles. The van der Waals surface area contributed by atoms with E-state index in [0.717, 1.165) is 11.1 Å². The van der Waals surface area contributed by atoms with Crippen LogP contribution in [0.1, 0.15) is 17.2 Å². The molecule has 3 aromatic rings. The Morgan fingerprint density at radius 3 is 2.23 bits per heavy atom. The largest absolute Gasteiger partial charge is 0.484 e. The van der Waals surface area contributed by atoms with E-state index in [2.05, 4.69) is 5.32 Å². The van der Waals surface area contributed by atoms with E-state index in [1.807, 2.05) is 42.5 Å². The van der Waals surface area contributed by atoms with Crippen LogP contribution in [-0.2, 0) is 4.79 Å². The second-order valence-corrected chi connectivity index (χ2v) is 6.58. The minimum atomic E-state index is -0.288. The fourth-order valence-electron chi connectivity index (χ4n) is 2.57. The van der Waals surface area contributed by atoms with Gasteiger partial charge in [-0.05, 0) is 41.5 Å². The molecule has 3 nitrogen and oxygen atoms in total. The fourth-order valence-corrected chi connectivity index (χ4v) is 2.87. The summed E-state index contributed by atoms with van der Waals surface area (Å²) in [6.45, 7) is -0.0999. The van der Waals surface area contributed by atoms with Gasteiger partial charge in [0.25, 0.3) is 5.91 Å². The molecule has 0 aromatic heterocycles. The second kappa shape index (κ2) is 8.75. The summed E-state index contributed by atoms with van der Waals surface area (Å²) in [5.41, 5.74) is 1.92. The number of carbonyl (C=O) groups excluding carboxylic acids is 1. The topological polar surface area (TPSA) is 38.3 Å². The zero-order valence-electron chi connectivity index (χ0n) is 13.9. The third kappa shape index (κ3) is 5.01. The van der Waals surface area contributed by atoms with E-state index in [9.17, 15) is 4.79 Å². The summed E-state index contributed by atoms with van der Waals surface area (Å²) < 4.78 is 5.52. The third-order valence-electron chi connectivity index (χ3n) is 3.81. The van der Waals surface area contributed by atoms with Gasteiger partial charge in [0, 0.05) is 10.0 Å². The second-order valence-electron chi connectivity index (χ2n) is 5.71. The molecule has 0 saturated heterocycles. The molecule has 3 aromatic carbocycles.